The predicted molar refractivity (Wildman–Crippen MR) is 89.2 cm³/mol. The number of hydrogen-bond donors (Lipinski definition) is 1. The summed E-state index contributed by atoms with van der Waals surface area (Å²) < 4.78 is 30.6. The van der Waals surface area contributed by atoms with Crippen LogP contribution in [0.5, 0.6) is 0 Å². The highest BCUT2D eigenvalue weighted by Crippen LogP contribution is 2.51. The smallest absolute Gasteiger partial charge is 0.195 e. The van der Waals surface area contributed by atoms with Crippen molar-refractivity contribution < 1.29 is 8.42 Å². The summed E-state index contributed by atoms with van der Waals surface area (Å²) in [5.41, 5.74) is 2.63. The molecule has 1 saturated heterocycles. The van der Waals surface area contributed by atoms with E-state index in [1.54, 1.807) is 4.31 Å². The second kappa shape index (κ2) is 4.80. The zero-order valence-electron chi connectivity index (χ0n) is 13.4. The maximum absolute atomic E-state index is 12.8. The maximum atomic E-state index is 12.8. The number of fused-ring (bicyclic) bond motifs is 1. The summed E-state index contributed by atoms with van der Waals surface area (Å²) in [7, 11) is -3.30. The highest BCUT2D eigenvalue weighted by atomic mass is 32.2. The lowest BCUT2D eigenvalue weighted by Crippen LogP contribution is -2.52. The minimum absolute atomic E-state index is 0.229. The van der Waals surface area contributed by atoms with Gasteiger partial charge in [0.05, 0.1) is 5.54 Å². The van der Waals surface area contributed by atoms with Gasteiger partial charge in [-0.05, 0) is 61.5 Å². The van der Waals surface area contributed by atoms with Crippen molar-refractivity contribution >= 4 is 10.2 Å². The molecule has 1 heterocycles. The minimum Gasteiger partial charge on any atom is -0.195 e. The first kappa shape index (κ1) is 14.4. The van der Waals surface area contributed by atoms with Gasteiger partial charge in [-0.3, -0.25) is 0 Å². The number of nitrogens with one attached hydrogen (secondary N) is 1. The van der Waals surface area contributed by atoms with Crippen LogP contribution in [0.1, 0.15) is 43.2 Å². The number of benzene rings is 1. The molecule has 0 aromatic heterocycles. The molecule has 124 valence electrons. The van der Waals surface area contributed by atoms with Gasteiger partial charge < -0.3 is 0 Å². The Morgan fingerprint density at radius 2 is 1.61 bits per heavy atom. The summed E-state index contributed by atoms with van der Waals surface area (Å²) in [6.45, 7) is 0.698. The van der Waals surface area contributed by atoms with E-state index in [-0.39, 0.29) is 11.6 Å². The van der Waals surface area contributed by atoms with Crippen molar-refractivity contribution in [2.75, 3.05) is 6.54 Å². The van der Waals surface area contributed by atoms with Crippen molar-refractivity contribution in [1.82, 2.24) is 9.03 Å². The normalized spacial score (nSPS) is 39.1. The highest BCUT2D eigenvalue weighted by molar-refractivity contribution is 7.87. The van der Waals surface area contributed by atoms with Crippen LogP contribution in [0, 0.1) is 11.8 Å². The van der Waals surface area contributed by atoms with Crippen LogP contribution in [0.15, 0.2) is 24.3 Å². The molecule has 1 spiro atoms. The first-order valence-electron chi connectivity index (χ1n) is 8.96. The predicted octanol–water partition coefficient (Wildman–Crippen LogP) is 2.25. The van der Waals surface area contributed by atoms with Crippen molar-refractivity contribution in [2.24, 2.45) is 11.8 Å². The van der Waals surface area contributed by atoms with E-state index in [2.05, 4.69) is 29.0 Å². The summed E-state index contributed by atoms with van der Waals surface area (Å²) >= 11 is 0. The third-order valence-electron chi connectivity index (χ3n) is 6.90. The second-order valence-electron chi connectivity index (χ2n) is 7.93. The van der Waals surface area contributed by atoms with Crippen LogP contribution in [0.25, 0.3) is 0 Å². The van der Waals surface area contributed by atoms with Gasteiger partial charge in [-0.25, -0.2) is 0 Å². The summed E-state index contributed by atoms with van der Waals surface area (Å²) in [6, 6.07) is 8.94. The fourth-order valence-electron chi connectivity index (χ4n) is 5.40. The fraction of sp³-hybridized carbons (Fsp3) is 0.667. The molecule has 1 aliphatic heterocycles. The van der Waals surface area contributed by atoms with Crippen LogP contribution in [-0.2, 0) is 23.1 Å². The quantitative estimate of drug-likeness (QED) is 0.857. The Bertz CT molecular complexity index is 708. The van der Waals surface area contributed by atoms with E-state index < -0.39 is 10.2 Å². The second-order valence-corrected chi connectivity index (χ2v) is 9.55. The Balaban J connectivity index is 1.54. The Morgan fingerprint density at radius 1 is 1.00 bits per heavy atom. The summed E-state index contributed by atoms with van der Waals surface area (Å²) in [5, 5.41) is 0. The molecule has 3 fully saturated rings. The molecule has 0 amide bonds. The molecule has 1 N–H and O–H groups in total. The topological polar surface area (TPSA) is 49.4 Å². The molecule has 5 rings (SSSR count). The van der Waals surface area contributed by atoms with Crippen LogP contribution in [0.3, 0.4) is 0 Å². The molecule has 2 bridgehead atoms. The van der Waals surface area contributed by atoms with E-state index in [9.17, 15) is 8.42 Å². The number of nitrogens with zero attached hydrogens (tertiary/aromatic N) is 1. The summed E-state index contributed by atoms with van der Waals surface area (Å²) in [5.74, 6) is 0.881. The molecule has 3 aliphatic carbocycles. The van der Waals surface area contributed by atoms with Crippen molar-refractivity contribution in [1.29, 1.82) is 0 Å². The SMILES string of the molecule is O=S1(=O)NC2(CN1C1CCC1)C1CCC2Cc2ccccc2C1. The Morgan fingerprint density at radius 3 is 2.13 bits per heavy atom. The lowest BCUT2D eigenvalue weighted by atomic mass is 9.79. The van der Waals surface area contributed by atoms with Crippen LogP contribution in [0.4, 0.5) is 0 Å². The molecule has 4 nitrogen and oxygen atoms in total. The molecule has 23 heavy (non-hydrogen) atoms. The lowest BCUT2D eigenvalue weighted by molar-refractivity contribution is 0.162. The van der Waals surface area contributed by atoms with Crippen molar-refractivity contribution in [2.45, 2.75) is 56.5 Å². The first-order chi connectivity index (χ1) is 11.1. The Hall–Kier alpha value is -0.910. The third-order valence-corrected chi connectivity index (χ3v) is 8.58. The van der Waals surface area contributed by atoms with E-state index in [4.69, 9.17) is 0 Å². The van der Waals surface area contributed by atoms with Crippen LogP contribution in [0.2, 0.25) is 0 Å². The third kappa shape index (κ3) is 1.99. The van der Waals surface area contributed by atoms with Crippen LogP contribution in [-0.4, -0.2) is 30.8 Å². The summed E-state index contributed by atoms with van der Waals surface area (Å²) in [4.78, 5) is 0. The largest absolute Gasteiger partial charge is 0.280 e. The maximum Gasteiger partial charge on any atom is 0.280 e. The molecule has 1 aromatic carbocycles. The molecular formula is C18H24N2O2S. The van der Waals surface area contributed by atoms with Gasteiger partial charge in [-0.15, -0.1) is 0 Å². The molecule has 0 radical (unpaired) electrons. The lowest BCUT2D eigenvalue weighted by Gasteiger charge is -2.36. The van der Waals surface area contributed by atoms with Crippen LogP contribution >= 0.6 is 0 Å². The standard InChI is InChI=1S/C18H24N2O2S/c21-23(22)19-18(12-20(23)17-6-3-7-17)15-8-9-16(18)11-14-5-2-1-4-13(14)10-15/h1-2,4-5,15-17,19H,3,6-12H2. The van der Waals surface area contributed by atoms with Gasteiger partial charge in [0.25, 0.3) is 10.2 Å². The molecule has 5 heteroatoms. The summed E-state index contributed by atoms with van der Waals surface area (Å²) in [6.07, 6.45) is 7.59. The van der Waals surface area contributed by atoms with Gasteiger partial charge >= 0.3 is 0 Å². The Labute approximate surface area is 138 Å². The van der Waals surface area contributed by atoms with Gasteiger partial charge in [-0.1, -0.05) is 30.7 Å². The van der Waals surface area contributed by atoms with Crippen molar-refractivity contribution in [3.05, 3.63) is 35.4 Å². The molecular weight excluding hydrogens is 308 g/mol. The van der Waals surface area contributed by atoms with Gasteiger partial charge in [0, 0.05) is 12.6 Å². The van der Waals surface area contributed by atoms with Gasteiger partial charge in [0.2, 0.25) is 0 Å². The number of rotatable bonds is 1. The van der Waals surface area contributed by atoms with Crippen molar-refractivity contribution in [3.63, 3.8) is 0 Å². The first-order valence-corrected chi connectivity index (χ1v) is 10.4. The van der Waals surface area contributed by atoms with E-state index in [0.717, 1.165) is 38.5 Å². The van der Waals surface area contributed by atoms with Crippen molar-refractivity contribution in [3.8, 4) is 0 Å². The van der Waals surface area contributed by atoms with E-state index in [0.29, 0.717) is 18.4 Å². The highest BCUT2D eigenvalue weighted by Gasteiger charge is 2.60. The van der Waals surface area contributed by atoms with E-state index in [1.807, 2.05) is 0 Å². The average molecular weight is 332 g/mol. The van der Waals surface area contributed by atoms with Gasteiger partial charge in [0.15, 0.2) is 0 Å². The average Bonchev–Trinajstić information content (AvgIpc) is 2.83. The van der Waals surface area contributed by atoms with Gasteiger partial charge in [0.1, 0.15) is 0 Å². The molecule has 2 atom stereocenters. The fourth-order valence-corrected chi connectivity index (χ4v) is 7.39. The molecule has 1 aromatic rings. The molecule has 2 unspecified atom stereocenters. The van der Waals surface area contributed by atoms with Gasteiger partial charge in [-0.2, -0.15) is 17.4 Å². The monoisotopic (exact) mass is 332 g/mol. The zero-order valence-corrected chi connectivity index (χ0v) is 14.2. The Kier molecular flexibility index (Phi) is 3.02. The molecule has 2 saturated carbocycles. The van der Waals surface area contributed by atoms with E-state index >= 15 is 0 Å². The van der Waals surface area contributed by atoms with E-state index in [1.165, 1.54) is 17.5 Å². The number of hydrogen-bond acceptors (Lipinski definition) is 2. The molecule has 4 aliphatic rings. The zero-order chi connectivity index (χ0) is 15.7. The minimum atomic E-state index is -3.30. The van der Waals surface area contributed by atoms with Crippen LogP contribution < -0.4 is 4.72 Å².